The summed E-state index contributed by atoms with van der Waals surface area (Å²) in [6, 6.07) is 12.4. The standard InChI is InChI=1S/C31H46N2O9/c1-30(2,3)41-28(34)32(24-12-10-11-13-26(24)37-8)16-18-39-20-21-40-19-17-33(29(35)42-31(4,5)6)25-15-14-23(36-7)22-27(25)38-9/h10-15,22H,16-21H2,1-9H3. The molecule has 2 rings (SSSR count). The van der Waals surface area contributed by atoms with Gasteiger partial charge < -0.3 is 33.2 Å². The molecule has 0 N–H and O–H groups in total. The lowest BCUT2D eigenvalue weighted by molar-refractivity contribution is 0.0423. The van der Waals surface area contributed by atoms with Gasteiger partial charge in [-0.3, -0.25) is 9.80 Å². The summed E-state index contributed by atoms with van der Waals surface area (Å²) in [5.74, 6) is 1.62. The number of hydrogen-bond donors (Lipinski definition) is 0. The summed E-state index contributed by atoms with van der Waals surface area (Å²) in [6.07, 6.45) is -1.02. The smallest absolute Gasteiger partial charge is 0.415 e. The summed E-state index contributed by atoms with van der Waals surface area (Å²) in [6.45, 7) is 12.4. The third kappa shape index (κ3) is 11.3. The molecule has 42 heavy (non-hydrogen) atoms. The summed E-state index contributed by atoms with van der Waals surface area (Å²) in [5, 5.41) is 0. The Bertz CT molecular complexity index is 1140. The van der Waals surface area contributed by atoms with Crippen molar-refractivity contribution in [2.75, 3.05) is 70.6 Å². The van der Waals surface area contributed by atoms with Crippen LogP contribution in [0.15, 0.2) is 42.5 Å². The van der Waals surface area contributed by atoms with E-state index < -0.39 is 23.4 Å². The van der Waals surface area contributed by atoms with E-state index in [-0.39, 0.29) is 39.5 Å². The van der Waals surface area contributed by atoms with Gasteiger partial charge in [0.05, 0.1) is 72.2 Å². The van der Waals surface area contributed by atoms with E-state index in [1.165, 1.54) is 16.9 Å². The van der Waals surface area contributed by atoms with Crippen LogP contribution in [0.2, 0.25) is 0 Å². The second-order valence-corrected chi connectivity index (χ2v) is 11.2. The Morgan fingerprint density at radius 3 is 1.55 bits per heavy atom. The molecule has 234 valence electrons. The van der Waals surface area contributed by atoms with E-state index in [2.05, 4.69) is 0 Å². The minimum absolute atomic E-state index is 0.220. The van der Waals surface area contributed by atoms with E-state index >= 15 is 0 Å². The topological polar surface area (TPSA) is 105 Å². The Hall–Kier alpha value is -3.70. The van der Waals surface area contributed by atoms with Crippen LogP contribution in [0.25, 0.3) is 0 Å². The van der Waals surface area contributed by atoms with Crippen LogP contribution in [0, 0.1) is 0 Å². The average Bonchev–Trinajstić information content (AvgIpc) is 2.92. The quantitative estimate of drug-likeness (QED) is 0.248. The SMILES string of the molecule is COc1ccc(N(CCOCCOCCN(C(=O)OC(C)(C)C)c2ccccc2OC)C(=O)OC(C)(C)C)c(OC)c1. The van der Waals surface area contributed by atoms with Crippen molar-refractivity contribution in [2.45, 2.75) is 52.7 Å². The first-order valence-corrected chi connectivity index (χ1v) is 13.8. The van der Waals surface area contributed by atoms with E-state index in [4.69, 9.17) is 33.2 Å². The van der Waals surface area contributed by atoms with Crippen LogP contribution in [0.3, 0.4) is 0 Å². The van der Waals surface area contributed by atoms with Crippen molar-refractivity contribution in [3.05, 3.63) is 42.5 Å². The summed E-state index contributed by atoms with van der Waals surface area (Å²) < 4.78 is 38.9. The molecule has 0 bridgehead atoms. The zero-order valence-electron chi connectivity index (χ0n) is 26.4. The van der Waals surface area contributed by atoms with E-state index in [1.807, 2.05) is 32.9 Å². The number of nitrogens with zero attached hydrogens (tertiary/aromatic N) is 2. The highest BCUT2D eigenvalue weighted by atomic mass is 16.6. The van der Waals surface area contributed by atoms with Crippen molar-refractivity contribution in [1.29, 1.82) is 0 Å². The first-order chi connectivity index (χ1) is 19.8. The number of hydrogen-bond acceptors (Lipinski definition) is 9. The molecular weight excluding hydrogens is 544 g/mol. The molecule has 2 aromatic rings. The molecule has 0 saturated carbocycles. The van der Waals surface area contributed by atoms with Crippen molar-refractivity contribution in [3.63, 3.8) is 0 Å². The Kier molecular flexibility index (Phi) is 13.2. The number of amides is 2. The highest BCUT2D eigenvalue weighted by Gasteiger charge is 2.27. The predicted octanol–water partition coefficient (Wildman–Crippen LogP) is 5.93. The Morgan fingerprint density at radius 1 is 0.619 bits per heavy atom. The van der Waals surface area contributed by atoms with Gasteiger partial charge in [-0.15, -0.1) is 0 Å². The van der Waals surface area contributed by atoms with Gasteiger partial charge in [-0.25, -0.2) is 9.59 Å². The molecule has 0 radical (unpaired) electrons. The van der Waals surface area contributed by atoms with Gasteiger partial charge in [0.15, 0.2) is 0 Å². The lowest BCUT2D eigenvalue weighted by atomic mass is 10.2. The second kappa shape index (κ2) is 16.1. The molecule has 0 saturated heterocycles. The molecule has 11 heteroatoms. The highest BCUT2D eigenvalue weighted by Crippen LogP contribution is 2.33. The molecule has 0 unspecified atom stereocenters. The van der Waals surface area contributed by atoms with Gasteiger partial charge in [-0.05, 0) is 65.8 Å². The molecule has 2 aromatic carbocycles. The number of carbonyl (C=O) groups is 2. The molecule has 11 nitrogen and oxygen atoms in total. The molecular formula is C31H46N2O9. The van der Waals surface area contributed by atoms with Crippen LogP contribution < -0.4 is 24.0 Å². The fourth-order valence-corrected chi connectivity index (χ4v) is 3.75. The van der Waals surface area contributed by atoms with Gasteiger partial charge in [0, 0.05) is 6.07 Å². The first-order valence-electron chi connectivity index (χ1n) is 13.8. The van der Waals surface area contributed by atoms with Crippen molar-refractivity contribution in [3.8, 4) is 17.2 Å². The highest BCUT2D eigenvalue weighted by molar-refractivity contribution is 5.90. The second-order valence-electron chi connectivity index (χ2n) is 11.2. The van der Waals surface area contributed by atoms with Crippen LogP contribution in [0.4, 0.5) is 21.0 Å². The van der Waals surface area contributed by atoms with Crippen LogP contribution in [-0.4, -0.2) is 84.2 Å². The Balaban J connectivity index is 1.94. The van der Waals surface area contributed by atoms with Crippen molar-refractivity contribution >= 4 is 23.6 Å². The van der Waals surface area contributed by atoms with Crippen LogP contribution >= 0.6 is 0 Å². The van der Waals surface area contributed by atoms with E-state index in [9.17, 15) is 9.59 Å². The van der Waals surface area contributed by atoms with Crippen LogP contribution in [0.5, 0.6) is 17.2 Å². The summed E-state index contributed by atoms with van der Waals surface area (Å²) in [4.78, 5) is 28.9. The number of carbonyl (C=O) groups excluding carboxylic acids is 2. The van der Waals surface area contributed by atoms with Crippen molar-refractivity contribution < 1.29 is 42.7 Å². The van der Waals surface area contributed by atoms with Gasteiger partial charge in [0.25, 0.3) is 0 Å². The maximum Gasteiger partial charge on any atom is 0.415 e. The summed E-state index contributed by atoms with van der Waals surface area (Å²) >= 11 is 0. The van der Waals surface area contributed by atoms with E-state index in [0.717, 1.165) is 0 Å². The number of methoxy groups -OCH3 is 3. The Labute approximate surface area is 249 Å². The Morgan fingerprint density at radius 2 is 1.10 bits per heavy atom. The number of para-hydroxylation sites is 2. The molecule has 0 atom stereocenters. The predicted molar refractivity (Wildman–Crippen MR) is 161 cm³/mol. The van der Waals surface area contributed by atoms with Gasteiger partial charge in [-0.1, -0.05) is 12.1 Å². The molecule has 0 fully saturated rings. The molecule has 0 aliphatic heterocycles. The lowest BCUT2D eigenvalue weighted by Crippen LogP contribution is -2.39. The number of ether oxygens (including phenoxy) is 7. The number of rotatable bonds is 14. The first kappa shape index (κ1) is 34.5. The van der Waals surface area contributed by atoms with E-state index in [1.54, 1.807) is 65.3 Å². The average molecular weight is 591 g/mol. The molecule has 2 amide bonds. The van der Waals surface area contributed by atoms with Crippen LogP contribution in [-0.2, 0) is 18.9 Å². The maximum atomic E-state index is 13.0. The molecule has 0 aromatic heterocycles. The normalized spacial score (nSPS) is 11.5. The van der Waals surface area contributed by atoms with Gasteiger partial charge >= 0.3 is 12.2 Å². The zero-order valence-corrected chi connectivity index (χ0v) is 26.4. The molecule has 0 aliphatic carbocycles. The third-order valence-electron chi connectivity index (χ3n) is 5.57. The lowest BCUT2D eigenvalue weighted by Gasteiger charge is -2.28. The largest absolute Gasteiger partial charge is 0.497 e. The van der Waals surface area contributed by atoms with Crippen molar-refractivity contribution in [2.24, 2.45) is 0 Å². The monoisotopic (exact) mass is 590 g/mol. The fourth-order valence-electron chi connectivity index (χ4n) is 3.75. The van der Waals surface area contributed by atoms with Gasteiger partial charge in [-0.2, -0.15) is 0 Å². The van der Waals surface area contributed by atoms with Gasteiger partial charge in [0.2, 0.25) is 0 Å². The van der Waals surface area contributed by atoms with Crippen molar-refractivity contribution in [1.82, 2.24) is 0 Å². The fraction of sp³-hybridized carbons (Fsp3) is 0.548. The van der Waals surface area contributed by atoms with Gasteiger partial charge in [0.1, 0.15) is 28.5 Å². The minimum atomic E-state index is -0.680. The molecule has 0 spiro atoms. The van der Waals surface area contributed by atoms with E-state index in [0.29, 0.717) is 28.6 Å². The third-order valence-corrected chi connectivity index (χ3v) is 5.57. The molecule has 0 aliphatic rings. The van der Waals surface area contributed by atoms with Crippen LogP contribution in [0.1, 0.15) is 41.5 Å². The number of anilines is 2. The minimum Gasteiger partial charge on any atom is -0.497 e. The number of benzene rings is 2. The molecule has 0 heterocycles. The maximum absolute atomic E-state index is 13.0. The zero-order chi connectivity index (χ0) is 31.3. The summed E-state index contributed by atoms with van der Waals surface area (Å²) in [7, 11) is 4.63. The summed E-state index contributed by atoms with van der Waals surface area (Å²) in [5.41, 5.74) is -0.216.